The summed E-state index contributed by atoms with van der Waals surface area (Å²) in [5.74, 6) is 1.70. The standard InChI is InChI=1S/C16H24N4/c17-6-3-4-13(8-18)9-19-10-14-11-20-7-2-1-5-16(20)15(14)12-19/h13-16H,1-5,7,9-12H2/t13-,14-,15-,16-/m1/s1. The Balaban J connectivity index is 1.53. The summed E-state index contributed by atoms with van der Waals surface area (Å²) < 4.78 is 0. The first-order chi connectivity index (χ1) is 9.81. The molecule has 3 saturated heterocycles. The molecule has 0 aromatic carbocycles. The highest BCUT2D eigenvalue weighted by atomic mass is 15.3. The molecule has 3 aliphatic rings. The second kappa shape index (κ2) is 6.12. The van der Waals surface area contributed by atoms with Crippen LogP contribution in [0, 0.1) is 40.4 Å². The molecule has 0 spiro atoms. The van der Waals surface area contributed by atoms with Gasteiger partial charge in [0.2, 0.25) is 0 Å². The summed E-state index contributed by atoms with van der Waals surface area (Å²) >= 11 is 0. The molecule has 0 N–H and O–H groups in total. The maximum Gasteiger partial charge on any atom is 0.0669 e. The van der Waals surface area contributed by atoms with Crippen molar-refractivity contribution in [1.82, 2.24) is 9.80 Å². The van der Waals surface area contributed by atoms with E-state index >= 15 is 0 Å². The van der Waals surface area contributed by atoms with Crippen molar-refractivity contribution in [3.8, 4) is 12.1 Å². The van der Waals surface area contributed by atoms with E-state index in [1.54, 1.807) is 0 Å². The van der Waals surface area contributed by atoms with Crippen molar-refractivity contribution >= 4 is 0 Å². The second-order valence-corrected chi connectivity index (χ2v) is 6.72. The molecule has 0 radical (unpaired) electrons. The van der Waals surface area contributed by atoms with Crippen molar-refractivity contribution in [3.63, 3.8) is 0 Å². The maximum atomic E-state index is 9.21. The van der Waals surface area contributed by atoms with Gasteiger partial charge >= 0.3 is 0 Å². The molecule has 0 aromatic heterocycles. The smallest absolute Gasteiger partial charge is 0.0669 e. The number of piperidine rings is 1. The Kier molecular flexibility index (Phi) is 4.24. The minimum absolute atomic E-state index is 0.0379. The van der Waals surface area contributed by atoms with Gasteiger partial charge in [0.1, 0.15) is 0 Å². The number of fused-ring (bicyclic) bond motifs is 3. The average molecular weight is 272 g/mol. The van der Waals surface area contributed by atoms with Crippen molar-refractivity contribution in [1.29, 1.82) is 10.5 Å². The van der Waals surface area contributed by atoms with Crippen LogP contribution in [0.1, 0.15) is 32.1 Å². The first kappa shape index (κ1) is 13.9. The third kappa shape index (κ3) is 2.68. The number of nitriles is 2. The Morgan fingerprint density at radius 3 is 2.85 bits per heavy atom. The highest BCUT2D eigenvalue weighted by Gasteiger charge is 2.47. The highest BCUT2D eigenvalue weighted by molar-refractivity contribution is 5.01. The third-order valence-electron chi connectivity index (χ3n) is 5.46. The Morgan fingerprint density at radius 1 is 1.15 bits per heavy atom. The molecular formula is C16H24N4. The maximum absolute atomic E-state index is 9.21. The van der Waals surface area contributed by atoms with E-state index in [0.29, 0.717) is 6.42 Å². The average Bonchev–Trinajstić information content (AvgIpc) is 3.00. The summed E-state index contributed by atoms with van der Waals surface area (Å²) in [6.07, 6.45) is 5.40. The molecule has 0 aliphatic carbocycles. The Bertz CT molecular complexity index is 421. The van der Waals surface area contributed by atoms with Gasteiger partial charge in [-0.3, -0.25) is 4.90 Å². The van der Waals surface area contributed by atoms with Crippen LogP contribution in [0.2, 0.25) is 0 Å². The van der Waals surface area contributed by atoms with Crippen molar-refractivity contribution < 1.29 is 0 Å². The van der Waals surface area contributed by atoms with Crippen LogP contribution in [0.25, 0.3) is 0 Å². The first-order valence-electron chi connectivity index (χ1n) is 8.04. The Morgan fingerprint density at radius 2 is 2.05 bits per heavy atom. The fourth-order valence-corrected chi connectivity index (χ4v) is 4.54. The molecule has 4 nitrogen and oxygen atoms in total. The van der Waals surface area contributed by atoms with Gasteiger partial charge in [-0.2, -0.15) is 10.5 Å². The molecule has 3 aliphatic heterocycles. The fraction of sp³-hybridized carbons (Fsp3) is 0.875. The van der Waals surface area contributed by atoms with Crippen LogP contribution in [0.3, 0.4) is 0 Å². The number of rotatable bonds is 4. The lowest BCUT2D eigenvalue weighted by Gasteiger charge is -2.33. The summed E-state index contributed by atoms with van der Waals surface area (Å²) in [7, 11) is 0. The number of hydrogen-bond donors (Lipinski definition) is 0. The number of hydrogen-bond acceptors (Lipinski definition) is 4. The zero-order valence-corrected chi connectivity index (χ0v) is 12.2. The molecule has 3 fully saturated rings. The SMILES string of the molecule is N#CCC[C@H](C#N)CN1C[C@@H]2CN3CCCC[C@@H]3[C@@H]2C1. The predicted octanol–water partition coefficient (Wildman–Crippen LogP) is 1.85. The van der Waals surface area contributed by atoms with Gasteiger partial charge in [0, 0.05) is 38.6 Å². The summed E-state index contributed by atoms with van der Waals surface area (Å²) in [6.45, 7) is 5.80. The van der Waals surface area contributed by atoms with Gasteiger partial charge < -0.3 is 4.90 Å². The molecule has 4 heteroatoms. The van der Waals surface area contributed by atoms with Gasteiger partial charge in [0.25, 0.3) is 0 Å². The molecule has 0 bridgehead atoms. The van der Waals surface area contributed by atoms with E-state index in [1.165, 1.54) is 45.4 Å². The zero-order valence-electron chi connectivity index (χ0n) is 12.2. The van der Waals surface area contributed by atoms with Crippen LogP contribution in [-0.4, -0.2) is 48.6 Å². The Hall–Kier alpha value is -1.10. The van der Waals surface area contributed by atoms with Gasteiger partial charge in [-0.1, -0.05) is 6.42 Å². The van der Waals surface area contributed by atoms with Crippen LogP contribution in [0.15, 0.2) is 0 Å². The molecule has 0 amide bonds. The molecule has 4 atom stereocenters. The summed E-state index contributed by atoms with van der Waals surface area (Å²) in [4.78, 5) is 5.21. The minimum atomic E-state index is 0.0379. The quantitative estimate of drug-likeness (QED) is 0.783. The molecule has 3 heterocycles. The van der Waals surface area contributed by atoms with Gasteiger partial charge in [0.15, 0.2) is 0 Å². The fourth-order valence-electron chi connectivity index (χ4n) is 4.54. The molecular weight excluding hydrogens is 248 g/mol. The van der Waals surface area contributed by atoms with E-state index in [2.05, 4.69) is 21.9 Å². The predicted molar refractivity (Wildman–Crippen MR) is 76.6 cm³/mol. The lowest BCUT2D eigenvalue weighted by Crippen LogP contribution is -2.40. The molecule has 0 unspecified atom stereocenters. The normalized spacial score (nSPS) is 35.0. The van der Waals surface area contributed by atoms with Crippen LogP contribution in [0.4, 0.5) is 0 Å². The molecule has 3 rings (SSSR count). The number of likely N-dealkylation sites (tertiary alicyclic amines) is 1. The first-order valence-corrected chi connectivity index (χ1v) is 8.04. The second-order valence-electron chi connectivity index (χ2n) is 6.72. The lowest BCUT2D eigenvalue weighted by atomic mass is 9.90. The summed E-state index contributed by atoms with van der Waals surface area (Å²) in [5, 5.41) is 17.9. The summed E-state index contributed by atoms with van der Waals surface area (Å²) in [5.41, 5.74) is 0. The molecule has 0 saturated carbocycles. The van der Waals surface area contributed by atoms with Gasteiger partial charge in [-0.25, -0.2) is 0 Å². The van der Waals surface area contributed by atoms with Crippen LogP contribution in [-0.2, 0) is 0 Å². The van der Waals surface area contributed by atoms with Crippen LogP contribution >= 0.6 is 0 Å². The van der Waals surface area contributed by atoms with E-state index in [9.17, 15) is 5.26 Å². The minimum Gasteiger partial charge on any atom is -0.301 e. The van der Waals surface area contributed by atoms with Gasteiger partial charge in [-0.15, -0.1) is 0 Å². The zero-order chi connectivity index (χ0) is 13.9. The largest absolute Gasteiger partial charge is 0.301 e. The van der Waals surface area contributed by atoms with E-state index < -0.39 is 0 Å². The van der Waals surface area contributed by atoms with Crippen LogP contribution < -0.4 is 0 Å². The third-order valence-corrected chi connectivity index (χ3v) is 5.46. The highest BCUT2D eigenvalue weighted by Crippen LogP contribution is 2.40. The molecule has 20 heavy (non-hydrogen) atoms. The van der Waals surface area contributed by atoms with Crippen LogP contribution in [0.5, 0.6) is 0 Å². The van der Waals surface area contributed by atoms with E-state index in [-0.39, 0.29) is 5.92 Å². The van der Waals surface area contributed by atoms with E-state index in [4.69, 9.17) is 5.26 Å². The Labute approximate surface area is 122 Å². The molecule has 108 valence electrons. The van der Waals surface area contributed by atoms with Crippen molar-refractivity contribution in [2.45, 2.75) is 38.1 Å². The summed E-state index contributed by atoms with van der Waals surface area (Å²) in [6, 6.07) is 5.36. The van der Waals surface area contributed by atoms with E-state index in [0.717, 1.165) is 30.8 Å². The number of nitrogens with zero attached hydrogens (tertiary/aromatic N) is 4. The topological polar surface area (TPSA) is 54.1 Å². The van der Waals surface area contributed by atoms with Crippen molar-refractivity contribution in [2.75, 3.05) is 32.7 Å². The monoisotopic (exact) mass is 272 g/mol. The van der Waals surface area contributed by atoms with E-state index in [1.807, 2.05) is 0 Å². The van der Waals surface area contributed by atoms with Crippen molar-refractivity contribution in [2.24, 2.45) is 17.8 Å². The van der Waals surface area contributed by atoms with Crippen molar-refractivity contribution in [3.05, 3.63) is 0 Å². The lowest BCUT2D eigenvalue weighted by molar-refractivity contribution is 0.151. The van der Waals surface area contributed by atoms with Gasteiger partial charge in [0.05, 0.1) is 18.1 Å². The van der Waals surface area contributed by atoms with Gasteiger partial charge in [-0.05, 0) is 37.6 Å². The molecule has 0 aromatic rings.